The summed E-state index contributed by atoms with van der Waals surface area (Å²) in [7, 11) is 0. The molecule has 0 aromatic heterocycles. The van der Waals surface area contributed by atoms with Gasteiger partial charge >= 0.3 is 0 Å². The van der Waals surface area contributed by atoms with Gasteiger partial charge in [0.15, 0.2) is 0 Å². The maximum atomic E-state index is 12.4. The minimum atomic E-state index is -0.137. The molecule has 2 amide bonds. The summed E-state index contributed by atoms with van der Waals surface area (Å²) >= 11 is 0. The number of hydrogen-bond acceptors (Lipinski definition) is 3. The number of fused-ring (bicyclic) bond motifs is 1. The van der Waals surface area contributed by atoms with Crippen LogP contribution in [0.15, 0.2) is 60.7 Å². The first-order valence-electron chi connectivity index (χ1n) is 9.53. The van der Waals surface area contributed by atoms with Crippen LogP contribution in [0.3, 0.4) is 0 Å². The van der Waals surface area contributed by atoms with Gasteiger partial charge in [-0.3, -0.25) is 9.59 Å². The first-order valence-corrected chi connectivity index (χ1v) is 9.53. The average molecular weight is 373 g/mol. The van der Waals surface area contributed by atoms with Crippen molar-refractivity contribution in [3.05, 3.63) is 66.2 Å². The topological polar surface area (TPSA) is 70.2 Å². The lowest BCUT2D eigenvalue weighted by molar-refractivity contribution is -0.117. The second-order valence-electron chi connectivity index (χ2n) is 7.21. The highest BCUT2D eigenvalue weighted by Crippen LogP contribution is 2.31. The maximum Gasteiger partial charge on any atom is 0.243 e. The molecule has 0 atom stereocenters. The molecule has 1 aliphatic carbocycles. The van der Waals surface area contributed by atoms with Crippen LogP contribution in [0.4, 0.5) is 17.1 Å². The third kappa shape index (κ3) is 4.14. The van der Waals surface area contributed by atoms with Crippen molar-refractivity contribution in [1.82, 2.24) is 0 Å². The molecule has 1 fully saturated rings. The predicted octanol–water partition coefficient (Wildman–Crippen LogP) is 4.55. The zero-order valence-electron chi connectivity index (χ0n) is 15.8. The molecule has 0 radical (unpaired) electrons. The molecule has 3 aromatic carbocycles. The first-order chi connectivity index (χ1) is 13.6. The van der Waals surface area contributed by atoms with Gasteiger partial charge in [-0.05, 0) is 60.4 Å². The van der Waals surface area contributed by atoms with E-state index in [1.54, 1.807) is 0 Å². The normalized spacial score (nSPS) is 13.2. The highest BCUT2D eigenvalue weighted by Gasteiger charge is 2.29. The Morgan fingerprint density at radius 2 is 1.61 bits per heavy atom. The molecular formula is C23H23N3O2. The summed E-state index contributed by atoms with van der Waals surface area (Å²) in [6, 6.07) is 19.7. The van der Waals surface area contributed by atoms with Crippen LogP contribution >= 0.6 is 0 Å². The van der Waals surface area contributed by atoms with Gasteiger partial charge in [-0.2, -0.15) is 0 Å². The smallest absolute Gasteiger partial charge is 0.243 e. The second-order valence-corrected chi connectivity index (χ2v) is 7.21. The molecule has 5 nitrogen and oxygen atoms in total. The van der Waals surface area contributed by atoms with E-state index in [-0.39, 0.29) is 24.3 Å². The molecular weight excluding hydrogens is 350 g/mol. The van der Waals surface area contributed by atoms with Crippen LogP contribution < -0.4 is 16.0 Å². The van der Waals surface area contributed by atoms with Gasteiger partial charge in [-0.15, -0.1) is 0 Å². The minimum Gasteiger partial charge on any atom is -0.376 e. The maximum absolute atomic E-state index is 12.4. The Kier molecular flexibility index (Phi) is 4.98. The molecule has 5 heteroatoms. The molecule has 4 rings (SSSR count). The predicted molar refractivity (Wildman–Crippen MR) is 114 cm³/mol. The van der Waals surface area contributed by atoms with Crippen molar-refractivity contribution in [3.63, 3.8) is 0 Å². The summed E-state index contributed by atoms with van der Waals surface area (Å²) in [6.07, 6.45) is 1.92. The largest absolute Gasteiger partial charge is 0.376 e. The SMILES string of the molecule is Cc1c(NC(=O)CNc2ccc3ccccc3c2)cccc1NC(=O)C1CC1. The molecule has 28 heavy (non-hydrogen) atoms. The van der Waals surface area contributed by atoms with Gasteiger partial charge in [0.1, 0.15) is 0 Å². The van der Waals surface area contributed by atoms with E-state index in [2.05, 4.69) is 22.0 Å². The standard InChI is InChI=1S/C23H23N3O2/c1-15-20(7-4-8-21(15)26-23(28)17-9-10-17)25-22(27)14-24-19-12-11-16-5-2-3-6-18(16)13-19/h2-8,11-13,17,24H,9-10,14H2,1H3,(H,25,27)(H,26,28). The van der Waals surface area contributed by atoms with E-state index in [4.69, 9.17) is 0 Å². The number of amides is 2. The van der Waals surface area contributed by atoms with Crippen molar-refractivity contribution in [2.24, 2.45) is 5.92 Å². The summed E-state index contributed by atoms with van der Waals surface area (Å²) in [6.45, 7) is 2.06. The van der Waals surface area contributed by atoms with Crippen molar-refractivity contribution in [3.8, 4) is 0 Å². The van der Waals surface area contributed by atoms with Crippen molar-refractivity contribution in [2.75, 3.05) is 22.5 Å². The average Bonchev–Trinajstić information content (AvgIpc) is 3.55. The molecule has 0 bridgehead atoms. The van der Waals surface area contributed by atoms with Gasteiger partial charge in [0.05, 0.1) is 6.54 Å². The Hall–Kier alpha value is -3.34. The monoisotopic (exact) mass is 373 g/mol. The molecule has 0 heterocycles. The number of rotatable bonds is 6. The van der Waals surface area contributed by atoms with Crippen molar-refractivity contribution >= 4 is 39.6 Å². The van der Waals surface area contributed by atoms with Crippen LogP contribution in [-0.4, -0.2) is 18.4 Å². The number of carbonyl (C=O) groups is 2. The van der Waals surface area contributed by atoms with E-state index in [1.165, 1.54) is 0 Å². The van der Waals surface area contributed by atoms with E-state index < -0.39 is 0 Å². The Morgan fingerprint density at radius 3 is 2.36 bits per heavy atom. The fourth-order valence-electron chi connectivity index (χ4n) is 3.16. The fourth-order valence-corrected chi connectivity index (χ4v) is 3.16. The lowest BCUT2D eigenvalue weighted by atomic mass is 10.1. The lowest BCUT2D eigenvalue weighted by Gasteiger charge is -2.14. The Morgan fingerprint density at radius 1 is 0.893 bits per heavy atom. The number of nitrogens with one attached hydrogen (secondary N) is 3. The molecule has 142 valence electrons. The number of carbonyl (C=O) groups excluding carboxylic acids is 2. The van der Waals surface area contributed by atoms with Crippen LogP contribution in [0.2, 0.25) is 0 Å². The van der Waals surface area contributed by atoms with Crippen LogP contribution in [0, 0.1) is 12.8 Å². The van der Waals surface area contributed by atoms with Gasteiger partial charge in [0.25, 0.3) is 0 Å². The number of benzene rings is 3. The Balaban J connectivity index is 1.38. The summed E-state index contributed by atoms with van der Waals surface area (Å²) < 4.78 is 0. The lowest BCUT2D eigenvalue weighted by Crippen LogP contribution is -2.22. The number of hydrogen-bond donors (Lipinski definition) is 3. The van der Waals surface area contributed by atoms with E-state index >= 15 is 0 Å². The molecule has 1 saturated carbocycles. The van der Waals surface area contributed by atoms with Gasteiger partial charge in [0, 0.05) is 23.0 Å². The molecule has 0 aliphatic heterocycles. The third-order valence-corrected chi connectivity index (χ3v) is 5.02. The minimum absolute atomic E-state index is 0.0598. The highest BCUT2D eigenvalue weighted by molar-refractivity contribution is 5.98. The zero-order chi connectivity index (χ0) is 19.5. The van der Waals surface area contributed by atoms with Crippen LogP contribution in [0.25, 0.3) is 10.8 Å². The van der Waals surface area contributed by atoms with Crippen LogP contribution in [0.5, 0.6) is 0 Å². The summed E-state index contributed by atoms with van der Waals surface area (Å²) in [4.78, 5) is 24.4. The molecule has 0 saturated heterocycles. The van der Waals surface area contributed by atoms with E-state index in [1.807, 2.05) is 61.5 Å². The van der Waals surface area contributed by atoms with Gasteiger partial charge in [0.2, 0.25) is 11.8 Å². The molecule has 0 unspecified atom stereocenters. The van der Waals surface area contributed by atoms with Crippen molar-refractivity contribution in [1.29, 1.82) is 0 Å². The fraction of sp³-hybridized carbons (Fsp3) is 0.217. The quantitative estimate of drug-likeness (QED) is 0.594. The van der Waals surface area contributed by atoms with Gasteiger partial charge in [-0.1, -0.05) is 36.4 Å². The summed E-state index contributed by atoms with van der Waals surface area (Å²) in [5.74, 6) is 0.0651. The van der Waals surface area contributed by atoms with Crippen LogP contribution in [0.1, 0.15) is 18.4 Å². The first kappa shape index (κ1) is 18.0. The van der Waals surface area contributed by atoms with Gasteiger partial charge < -0.3 is 16.0 Å². The van der Waals surface area contributed by atoms with Crippen molar-refractivity contribution < 1.29 is 9.59 Å². The molecule has 1 aliphatic rings. The van der Waals surface area contributed by atoms with Crippen molar-refractivity contribution in [2.45, 2.75) is 19.8 Å². The molecule has 0 spiro atoms. The van der Waals surface area contributed by atoms with Crippen LogP contribution in [-0.2, 0) is 9.59 Å². The molecule has 3 aromatic rings. The van der Waals surface area contributed by atoms with E-state index in [0.717, 1.165) is 40.6 Å². The van der Waals surface area contributed by atoms with E-state index in [9.17, 15) is 9.59 Å². The van der Waals surface area contributed by atoms with Gasteiger partial charge in [-0.25, -0.2) is 0 Å². The molecule has 3 N–H and O–H groups in total. The number of anilines is 3. The zero-order valence-corrected chi connectivity index (χ0v) is 15.8. The summed E-state index contributed by atoms with van der Waals surface area (Å²) in [5, 5.41) is 11.3. The van der Waals surface area contributed by atoms with E-state index in [0.29, 0.717) is 5.69 Å². The summed E-state index contributed by atoms with van der Waals surface area (Å²) in [5.41, 5.74) is 3.21. The second kappa shape index (κ2) is 7.72. The highest BCUT2D eigenvalue weighted by atomic mass is 16.2. The Labute approximate surface area is 164 Å². The third-order valence-electron chi connectivity index (χ3n) is 5.02. The Bertz CT molecular complexity index is 1040.